The van der Waals surface area contributed by atoms with Gasteiger partial charge in [0.05, 0.1) is 30.5 Å². The Hall–Kier alpha value is -3.01. The first-order valence-electron chi connectivity index (χ1n) is 25.2. The van der Waals surface area contributed by atoms with Gasteiger partial charge in [-0.05, 0) is 133 Å². The number of ketones is 1. The van der Waals surface area contributed by atoms with Crippen LogP contribution in [0.4, 0.5) is 0 Å². The molecule has 0 spiro atoms. The van der Waals surface area contributed by atoms with Gasteiger partial charge in [-0.2, -0.15) is 0 Å². The van der Waals surface area contributed by atoms with Crippen LogP contribution in [0, 0.1) is 41.4 Å². The standard InChI is InChI=1S/C54H87NO12/c1-32(2)26-40-19-15-33(3)17-22-42-23-18-39(9)54(63,67-42)51(60)52(61)55-25-13-12-14-43(55)53(62)66-46(36(6)29-41-21-24-44(56)47(30-41)64-10)31-45(57)35(5)28-38(8)49(59)50(65-11)48(58)37(7)27-34(4)16-20-40/h15-17,19-20,28,34-37,39-50,56-59,63H,1,12-14,18,21-27,29-31H2,2-11H3/b19-15-,20-16-,33-17+,38-28-. The Morgan fingerprint density at radius 1 is 0.910 bits per heavy atom. The van der Waals surface area contributed by atoms with Crippen LogP contribution < -0.4 is 0 Å². The van der Waals surface area contributed by atoms with E-state index in [4.69, 9.17) is 18.9 Å². The van der Waals surface area contributed by atoms with Crippen molar-refractivity contribution >= 4 is 17.7 Å². The van der Waals surface area contributed by atoms with E-state index in [0.29, 0.717) is 63.4 Å². The highest BCUT2D eigenvalue weighted by Crippen LogP contribution is 2.37. The van der Waals surface area contributed by atoms with E-state index in [1.807, 2.05) is 46.8 Å². The van der Waals surface area contributed by atoms with Gasteiger partial charge >= 0.3 is 5.97 Å². The number of esters is 1. The Morgan fingerprint density at radius 2 is 1.63 bits per heavy atom. The van der Waals surface area contributed by atoms with Crippen LogP contribution >= 0.6 is 0 Å². The predicted molar refractivity (Wildman–Crippen MR) is 259 cm³/mol. The third-order valence-corrected chi connectivity index (χ3v) is 15.2. The first-order valence-corrected chi connectivity index (χ1v) is 25.2. The molecular weight excluding hydrogens is 855 g/mol. The number of hydrogen-bond donors (Lipinski definition) is 5. The Morgan fingerprint density at radius 3 is 2.30 bits per heavy atom. The van der Waals surface area contributed by atoms with Gasteiger partial charge in [0, 0.05) is 39.0 Å². The van der Waals surface area contributed by atoms with Gasteiger partial charge in [0.1, 0.15) is 24.4 Å². The van der Waals surface area contributed by atoms with E-state index < -0.39 is 84.1 Å². The van der Waals surface area contributed by atoms with E-state index in [1.165, 1.54) is 12.0 Å². The largest absolute Gasteiger partial charge is 0.460 e. The highest BCUT2D eigenvalue weighted by molar-refractivity contribution is 6.39. The number of Topliss-reactive ketones (excluding diaryl/α,β-unsaturated/α-hetero) is 1. The molecule has 5 N–H and O–H groups in total. The normalized spacial score (nSPS) is 41.7. The van der Waals surface area contributed by atoms with Gasteiger partial charge in [-0.15, -0.1) is 6.58 Å². The molecule has 2 bridgehead atoms. The van der Waals surface area contributed by atoms with Gasteiger partial charge in [0.15, 0.2) is 0 Å². The van der Waals surface area contributed by atoms with Crippen LogP contribution in [0.1, 0.15) is 139 Å². The topological polar surface area (TPSA) is 193 Å². The molecule has 67 heavy (non-hydrogen) atoms. The van der Waals surface area contributed by atoms with E-state index in [0.717, 1.165) is 24.0 Å². The lowest BCUT2D eigenvalue weighted by Crippen LogP contribution is -2.60. The summed E-state index contributed by atoms with van der Waals surface area (Å²) in [6.07, 6.45) is 12.8. The van der Waals surface area contributed by atoms with E-state index in [2.05, 4.69) is 31.7 Å². The van der Waals surface area contributed by atoms with Crippen molar-refractivity contribution in [3.05, 3.63) is 59.8 Å². The quantitative estimate of drug-likeness (QED) is 0.0972. The number of rotatable bonds is 7. The number of fused-ring (bicyclic) bond motifs is 3. The predicted octanol–water partition coefficient (Wildman–Crippen LogP) is 7.33. The van der Waals surface area contributed by atoms with Crippen molar-refractivity contribution in [2.24, 2.45) is 41.4 Å². The first-order chi connectivity index (χ1) is 31.6. The highest BCUT2D eigenvalue weighted by atomic mass is 16.6. The molecule has 1 saturated carbocycles. The Kier molecular flexibility index (Phi) is 22.2. The highest BCUT2D eigenvalue weighted by Gasteiger charge is 2.53. The third kappa shape index (κ3) is 15.7. The van der Waals surface area contributed by atoms with Gasteiger partial charge in [0.25, 0.3) is 11.7 Å². The minimum Gasteiger partial charge on any atom is -0.460 e. The van der Waals surface area contributed by atoms with Crippen molar-refractivity contribution in [2.75, 3.05) is 20.8 Å². The van der Waals surface area contributed by atoms with E-state index in [-0.39, 0.29) is 55.1 Å². The third-order valence-electron chi connectivity index (χ3n) is 15.2. The number of ether oxygens (including phenoxy) is 4. The summed E-state index contributed by atoms with van der Waals surface area (Å²) in [7, 11) is 3.05. The fourth-order valence-corrected chi connectivity index (χ4v) is 10.7. The number of nitrogens with zero attached hydrogens (tertiary/aromatic N) is 1. The van der Waals surface area contributed by atoms with Gasteiger partial charge in [0.2, 0.25) is 5.79 Å². The van der Waals surface area contributed by atoms with E-state index in [9.17, 15) is 39.9 Å². The average molecular weight is 942 g/mol. The molecule has 0 aromatic heterocycles. The molecule has 3 heterocycles. The number of cyclic esters (lactones) is 1. The van der Waals surface area contributed by atoms with Gasteiger partial charge < -0.3 is 49.4 Å². The molecular formula is C54H87NO12. The molecule has 17 unspecified atom stereocenters. The Bertz CT molecular complexity index is 1760. The maximum atomic E-state index is 14.4. The smallest absolute Gasteiger partial charge is 0.329 e. The second-order valence-electron chi connectivity index (χ2n) is 21.1. The van der Waals surface area contributed by atoms with Crippen LogP contribution in [0.3, 0.4) is 0 Å². The van der Waals surface area contributed by atoms with Gasteiger partial charge in [-0.1, -0.05) is 82.2 Å². The number of aliphatic hydroxyl groups is 5. The number of aliphatic hydroxyl groups excluding tert-OH is 4. The molecule has 17 atom stereocenters. The molecule has 2 saturated heterocycles. The van der Waals surface area contributed by atoms with Crippen LogP contribution in [-0.4, -0.2) is 130 Å². The Labute approximate surface area is 401 Å². The van der Waals surface area contributed by atoms with E-state index >= 15 is 0 Å². The number of methoxy groups -OCH3 is 2. The maximum absolute atomic E-state index is 14.4. The molecule has 1 aliphatic carbocycles. The summed E-state index contributed by atoms with van der Waals surface area (Å²) in [5.41, 5.74) is 2.51. The zero-order valence-corrected chi connectivity index (χ0v) is 42.3. The molecule has 13 heteroatoms. The average Bonchev–Trinajstić information content (AvgIpc) is 3.29. The summed E-state index contributed by atoms with van der Waals surface area (Å²) in [5, 5.41) is 57.4. The minimum absolute atomic E-state index is 0.0402. The molecule has 3 fully saturated rings. The summed E-state index contributed by atoms with van der Waals surface area (Å²) in [6.45, 7) is 19.5. The summed E-state index contributed by atoms with van der Waals surface area (Å²) in [4.78, 5) is 44.1. The van der Waals surface area contributed by atoms with Gasteiger partial charge in [-0.3, -0.25) is 9.59 Å². The lowest BCUT2D eigenvalue weighted by molar-refractivity contribution is -0.262. The second kappa shape index (κ2) is 26.3. The van der Waals surface area contributed by atoms with Crippen molar-refractivity contribution in [1.29, 1.82) is 0 Å². The monoisotopic (exact) mass is 942 g/mol. The number of amides is 1. The molecule has 0 aromatic rings. The molecule has 0 aromatic carbocycles. The molecule has 380 valence electrons. The zero-order valence-electron chi connectivity index (χ0n) is 42.3. The summed E-state index contributed by atoms with van der Waals surface area (Å²) in [5.74, 6) is -6.52. The summed E-state index contributed by atoms with van der Waals surface area (Å²) >= 11 is 0. The van der Waals surface area contributed by atoms with E-state index in [1.54, 1.807) is 27.0 Å². The number of carbonyl (C=O) groups excluding carboxylic acids is 3. The molecule has 0 radical (unpaired) electrons. The number of piperidine rings is 1. The van der Waals surface area contributed by atoms with Gasteiger partial charge in [-0.25, -0.2) is 4.79 Å². The van der Waals surface area contributed by atoms with Crippen molar-refractivity contribution in [2.45, 2.75) is 200 Å². The number of hydrogen-bond acceptors (Lipinski definition) is 12. The summed E-state index contributed by atoms with van der Waals surface area (Å²) < 4.78 is 23.8. The van der Waals surface area contributed by atoms with Crippen molar-refractivity contribution in [3.8, 4) is 0 Å². The lowest BCUT2D eigenvalue weighted by Gasteiger charge is -2.42. The SMILES string of the molecule is C=C(C)CC1/C=C\C(C)=C\CC2CCC(C)C(O)(O2)C(=O)C(=O)N2CCCCC2C(=O)OC(C(C)CC2CCC(O)C(OC)C2)CC(O)C(C)/C=C(/C)C(O)C(OC)C(O)C(C)CC(C)/C=C\1. The molecule has 13 nitrogen and oxygen atoms in total. The first kappa shape index (κ1) is 56.6. The lowest BCUT2D eigenvalue weighted by atomic mass is 9.78. The molecule has 4 rings (SSSR count). The number of carbonyl (C=O) groups is 3. The maximum Gasteiger partial charge on any atom is 0.329 e. The molecule has 3 aliphatic heterocycles. The fraction of sp³-hybridized carbons (Fsp3) is 0.759. The molecule has 4 aliphatic rings. The van der Waals surface area contributed by atoms with Crippen molar-refractivity contribution in [1.82, 2.24) is 4.90 Å². The van der Waals surface area contributed by atoms with Crippen molar-refractivity contribution < 1.29 is 58.9 Å². The minimum atomic E-state index is -2.38. The van der Waals surface area contributed by atoms with Crippen molar-refractivity contribution in [3.63, 3.8) is 0 Å². The zero-order chi connectivity index (χ0) is 49.7. The second-order valence-corrected chi connectivity index (χ2v) is 21.1. The van der Waals surface area contributed by atoms with Crippen LogP contribution in [0.15, 0.2) is 59.8 Å². The van der Waals surface area contributed by atoms with Crippen LogP contribution in [-0.2, 0) is 33.3 Å². The fourth-order valence-electron chi connectivity index (χ4n) is 10.7. The Balaban J connectivity index is 1.71. The summed E-state index contributed by atoms with van der Waals surface area (Å²) in [6, 6.07) is -1.09. The van der Waals surface area contributed by atoms with Crippen LogP contribution in [0.25, 0.3) is 0 Å². The molecule has 1 amide bonds. The van der Waals surface area contributed by atoms with Crippen LogP contribution in [0.2, 0.25) is 0 Å². The van der Waals surface area contributed by atoms with Crippen LogP contribution in [0.5, 0.6) is 0 Å². The number of allylic oxidation sites excluding steroid dienone is 6.